The number of rotatable bonds is 6. The SMILES string of the molecule is COCc1cc(=O)[nH]c([C@H]2CCCN(Cc3cc(OC)ccc3F)C2)n1. The van der Waals surface area contributed by atoms with Gasteiger partial charge in [0.25, 0.3) is 5.56 Å². The number of nitrogens with zero attached hydrogens (tertiary/aromatic N) is 2. The van der Waals surface area contributed by atoms with Crippen molar-refractivity contribution in [2.24, 2.45) is 0 Å². The average Bonchev–Trinajstić information content (AvgIpc) is 2.63. The Hall–Kier alpha value is -2.25. The van der Waals surface area contributed by atoms with Crippen LogP contribution < -0.4 is 10.3 Å². The van der Waals surface area contributed by atoms with Crippen LogP contribution in [0.25, 0.3) is 0 Å². The second kappa shape index (κ2) is 8.42. The highest BCUT2D eigenvalue weighted by Gasteiger charge is 2.24. The summed E-state index contributed by atoms with van der Waals surface area (Å²) < 4.78 is 24.4. The number of hydrogen-bond acceptors (Lipinski definition) is 5. The van der Waals surface area contributed by atoms with Crippen LogP contribution in [0.5, 0.6) is 5.75 Å². The molecule has 0 spiro atoms. The van der Waals surface area contributed by atoms with Gasteiger partial charge in [0.1, 0.15) is 17.4 Å². The van der Waals surface area contributed by atoms with Crippen molar-refractivity contribution in [3.8, 4) is 5.75 Å². The van der Waals surface area contributed by atoms with E-state index in [0.29, 0.717) is 36.0 Å². The Bertz CT molecular complexity index is 809. The average molecular weight is 361 g/mol. The second-order valence-corrected chi connectivity index (χ2v) is 6.59. The van der Waals surface area contributed by atoms with Crippen molar-refractivity contribution in [1.82, 2.24) is 14.9 Å². The van der Waals surface area contributed by atoms with E-state index in [4.69, 9.17) is 9.47 Å². The summed E-state index contributed by atoms with van der Waals surface area (Å²) in [5.74, 6) is 1.21. The molecule has 140 valence electrons. The molecule has 1 fully saturated rings. The zero-order valence-corrected chi connectivity index (χ0v) is 15.1. The molecular weight excluding hydrogens is 337 g/mol. The Labute approximate surface area is 152 Å². The van der Waals surface area contributed by atoms with Gasteiger partial charge in [-0.15, -0.1) is 0 Å². The molecule has 1 N–H and O–H groups in total. The summed E-state index contributed by atoms with van der Waals surface area (Å²) in [6.45, 7) is 2.41. The van der Waals surface area contributed by atoms with Crippen molar-refractivity contribution in [2.45, 2.75) is 31.9 Å². The number of H-pyrrole nitrogens is 1. The van der Waals surface area contributed by atoms with Gasteiger partial charge in [0.05, 0.1) is 19.4 Å². The second-order valence-electron chi connectivity index (χ2n) is 6.59. The molecule has 1 aromatic heterocycles. The summed E-state index contributed by atoms with van der Waals surface area (Å²) in [5.41, 5.74) is 1.07. The zero-order chi connectivity index (χ0) is 18.5. The smallest absolute Gasteiger partial charge is 0.251 e. The molecule has 1 aliphatic rings. The third-order valence-corrected chi connectivity index (χ3v) is 4.64. The number of nitrogens with one attached hydrogen (secondary N) is 1. The molecule has 1 atom stereocenters. The summed E-state index contributed by atoms with van der Waals surface area (Å²) in [5, 5.41) is 0. The van der Waals surface area contributed by atoms with Crippen LogP contribution in [0.3, 0.4) is 0 Å². The molecule has 3 rings (SSSR count). The lowest BCUT2D eigenvalue weighted by atomic mass is 9.96. The minimum absolute atomic E-state index is 0.113. The highest BCUT2D eigenvalue weighted by molar-refractivity contribution is 5.29. The van der Waals surface area contributed by atoms with Crippen LogP contribution in [0.15, 0.2) is 29.1 Å². The van der Waals surface area contributed by atoms with E-state index in [2.05, 4.69) is 14.9 Å². The minimum atomic E-state index is -0.235. The lowest BCUT2D eigenvalue weighted by Gasteiger charge is -2.32. The number of aromatic nitrogens is 2. The van der Waals surface area contributed by atoms with Crippen molar-refractivity contribution < 1.29 is 13.9 Å². The third-order valence-electron chi connectivity index (χ3n) is 4.64. The topological polar surface area (TPSA) is 67.5 Å². The molecule has 2 heterocycles. The molecule has 1 aromatic carbocycles. The van der Waals surface area contributed by atoms with E-state index in [9.17, 15) is 9.18 Å². The first-order valence-corrected chi connectivity index (χ1v) is 8.73. The number of likely N-dealkylation sites (tertiary alicyclic amines) is 1. The maximum absolute atomic E-state index is 14.1. The summed E-state index contributed by atoms with van der Waals surface area (Å²) in [6.07, 6.45) is 1.91. The van der Waals surface area contributed by atoms with Crippen LogP contribution in [0, 0.1) is 5.82 Å². The fraction of sp³-hybridized carbons (Fsp3) is 0.474. The number of methoxy groups -OCH3 is 2. The largest absolute Gasteiger partial charge is 0.497 e. The molecule has 0 bridgehead atoms. The number of piperidine rings is 1. The molecule has 1 saturated heterocycles. The van der Waals surface area contributed by atoms with E-state index in [1.54, 1.807) is 26.4 Å². The van der Waals surface area contributed by atoms with Crippen molar-refractivity contribution >= 4 is 0 Å². The van der Waals surface area contributed by atoms with Gasteiger partial charge in [0.2, 0.25) is 0 Å². The van der Waals surface area contributed by atoms with Gasteiger partial charge in [0.15, 0.2) is 0 Å². The highest BCUT2D eigenvalue weighted by Crippen LogP contribution is 2.26. The standard InChI is InChI=1S/C19H24FN3O3/c1-25-12-15-9-18(24)22-19(21-15)13-4-3-7-23(10-13)11-14-8-16(26-2)5-6-17(14)20/h5-6,8-9,13H,3-4,7,10-12H2,1-2H3,(H,21,22,24)/t13-/m0/s1. The van der Waals surface area contributed by atoms with Crippen molar-refractivity contribution in [3.05, 3.63) is 57.5 Å². The normalized spacial score (nSPS) is 18.0. The van der Waals surface area contributed by atoms with Gasteiger partial charge in [-0.3, -0.25) is 9.69 Å². The molecule has 0 unspecified atom stereocenters. The van der Waals surface area contributed by atoms with E-state index in [1.807, 2.05) is 0 Å². The minimum Gasteiger partial charge on any atom is -0.497 e. The third kappa shape index (κ3) is 4.47. The summed E-state index contributed by atoms with van der Waals surface area (Å²) >= 11 is 0. The highest BCUT2D eigenvalue weighted by atomic mass is 19.1. The molecule has 0 radical (unpaired) electrons. The maximum atomic E-state index is 14.1. The molecular formula is C19H24FN3O3. The Morgan fingerprint density at radius 3 is 2.96 bits per heavy atom. The van der Waals surface area contributed by atoms with Crippen LogP contribution in [-0.2, 0) is 17.9 Å². The lowest BCUT2D eigenvalue weighted by molar-refractivity contribution is 0.178. The van der Waals surface area contributed by atoms with Crippen LogP contribution >= 0.6 is 0 Å². The Kier molecular flexibility index (Phi) is 6.00. The van der Waals surface area contributed by atoms with Crippen molar-refractivity contribution in [1.29, 1.82) is 0 Å². The Morgan fingerprint density at radius 2 is 2.19 bits per heavy atom. The van der Waals surface area contributed by atoms with Crippen LogP contribution in [0.1, 0.15) is 35.8 Å². The molecule has 0 aliphatic carbocycles. The maximum Gasteiger partial charge on any atom is 0.251 e. The first kappa shape index (κ1) is 18.5. The van der Waals surface area contributed by atoms with Gasteiger partial charge < -0.3 is 14.5 Å². The van der Waals surface area contributed by atoms with Gasteiger partial charge >= 0.3 is 0 Å². The van der Waals surface area contributed by atoms with Crippen LogP contribution in [-0.4, -0.2) is 42.2 Å². The Balaban J connectivity index is 1.75. The fourth-order valence-corrected chi connectivity index (χ4v) is 3.41. The van der Waals surface area contributed by atoms with Crippen molar-refractivity contribution in [2.75, 3.05) is 27.3 Å². The van der Waals surface area contributed by atoms with E-state index in [1.165, 1.54) is 12.1 Å². The summed E-state index contributed by atoms with van der Waals surface area (Å²) in [4.78, 5) is 21.5. The van der Waals surface area contributed by atoms with Gasteiger partial charge in [0, 0.05) is 37.7 Å². The van der Waals surface area contributed by atoms with E-state index in [-0.39, 0.29) is 17.3 Å². The van der Waals surface area contributed by atoms with E-state index < -0.39 is 0 Å². The molecule has 6 nitrogen and oxygen atoms in total. The quantitative estimate of drug-likeness (QED) is 0.856. The molecule has 7 heteroatoms. The lowest BCUT2D eigenvalue weighted by Crippen LogP contribution is -2.35. The van der Waals surface area contributed by atoms with E-state index in [0.717, 1.165) is 25.9 Å². The molecule has 0 amide bonds. The molecule has 1 aliphatic heterocycles. The van der Waals surface area contributed by atoms with Gasteiger partial charge in [-0.1, -0.05) is 0 Å². The number of aromatic amines is 1. The first-order valence-electron chi connectivity index (χ1n) is 8.73. The van der Waals surface area contributed by atoms with Crippen LogP contribution in [0.2, 0.25) is 0 Å². The Morgan fingerprint density at radius 1 is 1.35 bits per heavy atom. The zero-order valence-electron chi connectivity index (χ0n) is 15.1. The monoisotopic (exact) mass is 361 g/mol. The predicted octanol–water partition coefficient (Wildman–Crippen LogP) is 2.44. The van der Waals surface area contributed by atoms with Crippen LogP contribution in [0.4, 0.5) is 4.39 Å². The van der Waals surface area contributed by atoms with E-state index >= 15 is 0 Å². The summed E-state index contributed by atoms with van der Waals surface area (Å²) in [7, 11) is 3.15. The number of ether oxygens (including phenoxy) is 2. The predicted molar refractivity (Wildman–Crippen MR) is 95.8 cm³/mol. The van der Waals surface area contributed by atoms with Gasteiger partial charge in [-0.25, -0.2) is 9.37 Å². The van der Waals surface area contributed by atoms with Gasteiger partial charge in [-0.2, -0.15) is 0 Å². The first-order chi connectivity index (χ1) is 12.6. The fourth-order valence-electron chi connectivity index (χ4n) is 3.41. The number of halogens is 1. The van der Waals surface area contributed by atoms with Crippen molar-refractivity contribution in [3.63, 3.8) is 0 Å². The summed E-state index contributed by atoms with van der Waals surface area (Å²) in [6, 6.07) is 6.24. The molecule has 26 heavy (non-hydrogen) atoms. The number of hydrogen-bond donors (Lipinski definition) is 1. The molecule has 2 aromatic rings. The number of benzene rings is 1. The van der Waals surface area contributed by atoms with Gasteiger partial charge in [-0.05, 0) is 37.6 Å². The molecule has 0 saturated carbocycles.